The Balaban J connectivity index is 2.09. The fraction of sp³-hybridized carbons (Fsp3) is 0. The zero-order valence-corrected chi connectivity index (χ0v) is 11.5. The van der Waals surface area contributed by atoms with Gasteiger partial charge in [0.25, 0.3) is 10.0 Å². The molecular weight excluding hydrogens is 295 g/mol. The molecule has 3 rings (SSSR count). The van der Waals surface area contributed by atoms with Crippen LogP contribution in [0.2, 0.25) is 0 Å². The van der Waals surface area contributed by atoms with Crippen molar-refractivity contribution in [2.75, 3.05) is 10.5 Å². The molecule has 4 N–H and O–H groups in total. The molecule has 0 aliphatic rings. The van der Waals surface area contributed by atoms with E-state index in [1.165, 1.54) is 18.5 Å². The molecule has 0 atom stereocenters. The number of aromatic amines is 1. The van der Waals surface area contributed by atoms with Crippen molar-refractivity contribution in [1.29, 1.82) is 0 Å². The molecule has 2 aromatic heterocycles. The number of sulfonamides is 1. The minimum absolute atomic E-state index is 0.000937. The largest absolute Gasteiger partial charge is 0.399 e. The van der Waals surface area contributed by atoms with Gasteiger partial charge in [-0.3, -0.25) is 9.71 Å². The van der Waals surface area contributed by atoms with Crippen LogP contribution in [0.1, 0.15) is 0 Å². The maximum Gasteiger partial charge on any atom is 0.264 e. The van der Waals surface area contributed by atoms with Gasteiger partial charge >= 0.3 is 0 Å². The number of pyridine rings is 1. The molecule has 0 amide bonds. The molecule has 2 heterocycles. The number of hydrogen-bond donors (Lipinski definition) is 3. The molecule has 21 heavy (non-hydrogen) atoms. The molecule has 3 aromatic rings. The van der Waals surface area contributed by atoms with Gasteiger partial charge in [-0.1, -0.05) is 0 Å². The minimum atomic E-state index is -3.94. The predicted octanol–water partition coefficient (Wildman–Crippen LogP) is 2.08. The molecule has 0 spiro atoms. The van der Waals surface area contributed by atoms with Gasteiger partial charge in [0.2, 0.25) is 0 Å². The second kappa shape index (κ2) is 4.74. The van der Waals surface area contributed by atoms with Crippen molar-refractivity contribution in [3.05, 3.63) is 48.7 Å². The summed E-state index contributed by atoms with van der Waals surface area (Å²) in [6, 6.07) is 6.13. The highest BCUT2D eigenvalue weighted by Crippen LogP contribution is 2.26. The minimum Gasteiger partial charge on any atom is -0.399 e. The normalized spacial score (nSPS) is 11.7. The van der Waals surface area contributed by atoms with Gasteiger partial charge in [0.1, 0.15) is 4.90 Å². The van der Waals surface area contributed by atoms with Crippen LogP contribution in [-0.2, 0) is 10.0 Å². The molecule has 0 saturated carbocycles. The number of nitrogens with zero attached hydrogens (tertiary/aromatic N) is 1. The highest BCUT2D eigenvalue weighted by atomic mass is 32.2. The lowest BCUT2D eigenvalue weighted by Gasteiger charge is -2.07. The standard InChI is InChI=1S/C13H11FN4O2S/c14-10-6-16-4-3-12(10)18-21(19,20)13-7-17-11-2-1-8(15)5-9(11)13/h1-7,17H,15H2,(H,16,18). The van der Waals surface area contributed by atoms with E-state index in [1.54, 1.807) is 18.2 Å². The van der Waals surface area contributed by atoms with Crippen LogP contribution in [0.25, 0.3) is 10.9 Å². The summed E-state index contributed by atoms with van der Waals surface area (Å²) in [4.78, 5) is 6.41. The number of nitrogen functional groups attached to an aromatic ring is 1. The van der Waals surface area contributed by atoms with Crippen LogP contribution in [0, 0.1) is 5.82 Å². The molecule has 0 radical (unpaired) electrons. The van der Waals surface area contributed by atoms with E-state index in [0.717, 1.165) is 6.20 Å². The molecule has 1 aromatic carbocycles. The van der Waals surface area contributed by atoms with Gasteiger partial charge in [0.15, 0.2) is 5.82 Å². The lowest BCUT2D eigenvalue weighted by atomic mass is 10.2. The lowest BCUT2D eigenvalue weighted by Crippen LogP contribution is -2.13. The summed E-state index contributed by atoms with van der Waals surface area (Å²) in [6.07, 6.45) is 3.57. The summed E-state index contributed by atoms with van der Waals surface area (Å²) in [5.41, 5.74) is 6.57. The van der Waals surface area contributed by atoms with Crippen molar-refractivity contribution in [2.45, 2.75) is 4.90 Å². The topological polar surface area (TPSA) is 101 Å². The molecule has 0 aliphatic heterocycles. The Morgan fingerprint density at radius 3 is 2.86 bits per heavy atom. The van der Waals surface area contributed by atoms with E-state index in [-0.39, 0.29) is 10.6 Å². The number of aromatic nitrogens is 2. The summed E-state index contributed by atoms with van der Waals surface area (Å²) in [7, 11) is -3.94. The molecule has 108 valence electrons. The first-order valence-electron chi connectivity index (χ1n) is 5.96. The Bertz CT molecular complexity index is 921. The zero-order valence-electron chi connectivity index (χ0n) is 10.7. The number of nitrogens with two attached hydrogens (primary N) is 1. The van der Waals surface area contributed by atoms with Crippen molar-refractivity contribution in [1.82, 2.24) is 9.97 Å². The van der Waals surface area contributed by atoms with Crippen LogP contribution >= 0.6 is 0 Å². The summed E-state index contributed by atoms with van der Waals surface area (Å²) < 4.78 is 40.5. The summed E-state index contributed by atoms with van der Waals surface area (Å²) in [6.45, 7) is 0. The maximum absolute atomic E-state index is 13.5. The van der Waals surface area contributed by atoms with E-state index >= 15 is 0 Å². The second-order valence-corrected chi connectivity index (χ2v) is 6.07. The van der Waals surface area contributed by atoms with E-state index in [4.69, 9.17) is 5.73 Å². The Hall–Kier alpha value is -2.61. The number of hydrogen-bond acceptors (Lipinski definition) is 4. The third kappa shape index (κ3) is 2.40. The third-order valence-corrected chi connectivity index (χ3v) is 4.38. The van der Waals surface area contributed by atoms with Crippen LogP contribution in [-0.4, -0.2) is 18.4 Å². The van der Waals surface area contributed by atoms with Gasteiger partial charge < -0.3 is 10.7 Å². The first-order chi connectivity index (χ1) is 9.97. The summed E-state index contributed by atoms with van der Waals surface area (Å²) >= 11 is 0. The molecular formula is C13H11FN4O2S. The van der Waals surface area contributed by atoms with Crippen LogP contribution in [0.4, 0.5) is 15.8 Å². The van der Waals surface area contributed by atoms with Gasteiger partial charge in [-0.2, -0.15) is 0 Å². The highest BCUT2D eigenvalue weighted by molar-refractivity contribution is 7.93. The third-order valence-electron chi connectivity index (χ3n) is 2.97. The number of halogens is 1. The van der Waals surface area contributed by atoms with E-state index < -0.39 is 15.8 Å². The quantitative estimate of drug-likeness (QED) is 0.645. The number of benzene rings is 1. The number of anilines is 2. The van der Waals surface area contributed by atoms with Crippen molar-refractivity contribution in [3.63, 3.8) is 0 Å². The summed E-state index contributed by atoms with van der Waals surface area (Å²) in [5, 5.41) is 0.442. The second-order valence-electron chi connectivity index (χ2n) is 4.42. The molecule has 0 aliphatic carbocycles. The molecule has 8 heteroatoms. The van der Waals surface area contributed by atoms with Crippen molar-refractivity contribution in [2.24, 2.45) is 0 Å². The highest BCUT2D eigenvalue weighted by Gasteiger charge is 2.20. The zero-order chi connectivity index (χ0) is 15.0. The average Bonchev–Trinajstić information content (AvgIpc) is 2.85. The van der Waals surface area contributed by atoms with Crippen LogP contribution in [0.5, 0.6) is 0 Å². The van der Waals surface area contributed by atoms with E-state index in [9.17, 15) is 12.8 Å². The molecule has 6 nitrogen and oxygen atoms in total. The first kappa shape index (κ1) is 13.4. The van der Waals surface area contributed by atoms with E-state index in [1.807, 2.05) is 0 Å². The fourth-order valence-electron chi connectivity index (χ4n) is 1.99. The van der Waals surface area contributed by atoms with E-state index in [0.29, 0.717) is 16.6 Å². The predicted molar refractivity (Wildman–Crippen MR) is 77.7 cm³/mol. The smallest absolute Gasteiger partial charge is 0.264 e. The molecule has 0 saturated heterocycles. The Morgan fingerprint density at radius 1 is 1.29 bits per heavy atom. The van der Waals surface area contributed by atoms with Gasteiger partial charge in [-0.15, -0.1) is 0 Å². The molecule has 0 unspecified atom stereocenters. The van der Waals surface area contributed by atoms with Crippen LogP contribution in [0.15, 0.2) is 47.8 Å². The first-order valence-corrected chi connectivity index (χ1v) is 7.44. The van der Waals surface area contributed by atoms with Crippen LogP contribution < -0.4 is 10.5 Å². The van der Waals surface area contributed by atoms with Gasteiger partial charge in [0.05, 0.1) is 11.9 Å². The molecule has 0 bridgehead atoms. The van der Waals surface area contributed by atoms with Gasteiger partial charge in [-0.05, 0) is 24.3 Å². The fourth-order valence-corrected chi connectivity index (χ4v) is 3.23. The average molecular weight is 306 g/mol. The molecule has 0 fully saturated rings. The SMILES string of the molecule is Nc1ccc2[nH]cc(S(=O)(=O)Nc3ccncc3F)c2c1. The van der Waals surface area contributed by atoms with Crippen molar-refractivity contribution < 1.29 is 12.8 Å². The maximum atomic E-state index is 13.5. The number of nitrogens with one attached hydrogen (secondary N) is 2. The van der Waals surface area contributed by atoms with E-state index in [2.05, 4.69) is 14.7 Å². The Labute approximate surface area is 119 Å². The number of rotatable bonds is 3. The van der Waals surface area contributed by atoms with Gasteiger partial charge in [0, 0.05) is 29.0 Å². The summed E-state index contributed by atoms with van der Waals surface area (Å²) in [5.74, 6) is -0.750. The van der Waals surface area contributed by atoms with Crippen LogP contribution in [0.3, 0.4) is 0 Å². The van der Waals surface area contributed by atoms with Gasteiger partial charge in [-0.25, -0.2) is 12.8 Å². The van der Waals surface area contributed by atoms with Crippen molar-refractivity contribution >= 4 is 32.3 Å². The Kier molecular flexibility index (Phi) is 3.02. The number of fused-ring (bicyclic) bond motifs is 1. The lowest BCUT2D eigenvalue weighted by molar-refractivity contribution is 0.598. The monoisotopic (exact) mass is 306 g/mol. The van der Waals surface area contributed by atoms with Crippen molar-refractivity contribution in [3.8, 4) is 0 Å². The Morgan fingerprint density at radius 2 is 2.10 bits per heavy atom. The number of H-pyrrole nitrogens is 1.